The second-order valence-corrected chi connectivity index (χ2v) is 4.76. The van der Waals surface area contributed by atoms with Gasteiger partial charge in [-0.05, 0) is 24.6 Å². The second-order valence-electron chi connectivity index (χ2n) is 4.76. The van der Waals surface area contributed by atoms with Gasteiger partial charge in [-0.1, -0.05) is 6.07 Å². The Morgan fingerprint density at radius 3 is 2.95 bits per heavy atom. The predicted octanol–water partition coefficient (Wildman–Crippen LogP) is 1.72. The van der Waals surface area contributed by atoms with Crippen molar-refractivity contribution in [2.24, 2.45) is 0 Å². The van der Waals surface area contributed by atoms with E-state index in [2.05, 4.69) is 9.97 Å². The highest BCUT2D eigenvalue weighted by Gasteiger charge is 2.17. The molecule has 6 heteroatoms. The number of nitrogens with one attached hydrogen (secondary N) is 1. The van der Waals surface area contributed by atoms with Gasteiger partial charge in [0.2, 0.25) is 6.79 Å². The van der Waals surface area contributed by atoms with Gasteiger partial charge >= 0.3 is 0 Å². The van der Waals surface area contributed by atoms with Crippen molar-refractivity contribution >= 4 is 5.91 Å². The topological polar surface area (TPSA) is 67.5 Å². The zero-order valence-corrected chi connectivity index (χ0v) is 11.3. The molecular formula is C14H15N3O3. The number of ether oxygens (including phenoxy) is 2. The Balaban J connectivity index is 1.72. The maximum Gasteiger partial charge on any atom is 0.289 e. The molecule has 3 rings (SSSR count). The lowest BCUT2D eigenvalue weighted by atomic mass is 10.2. The summed E-state index contributed by atoms with van der Waals surface area (Å²) in [6, 6.07) is 5.66. The van der Waals surface area contributed by atoms with E-state index in [4.69, 9.17) is 9.47 Å². The van der Waals surface area contributed by atoms with Crippen molar-refractivity contribution in [2.75, 3.05) is 13.8 Å². The molecule has 0 saturated heterocycles. The molecule has 20 heavy (non-hydrogen) atoms. The van der Waals surface area contributed by atoms with Gasteiger partial charge in [-0.15, -0.1) is 0 Å². The maximum absolute atomic E-state index is 12.2. The first kappa shape index (κ1) is 12.5. The van der Waals surface area contributed by atoms with E-state index in [0.717, 1.165) is 22.8 Å². The molecule has 0 unspecified atom stereocenters. The minimum atomic E-state index is -0.143. The van der Waals surface area contributed by atoms with Crippen LogP contribution in [-0.4, -0.2) is 34.6 Å². The molecule has 1 aromatic carbocycles. The van der Waals surface area contributed by atoms with Gasteiger partial charge in [-0.2, -0.15) is 0 Å². The number of carbonyl (C=O) groups excluding carboxylic acids is 1. The number of aryl methyl sites for hydroxylation is 1. The van der Waals surface area contributed by atoms with Crippen LogP contribution >= 0.6 is 0 Å². The number of hydrogen-bond acceptors (Lipinski definition) is 4. The van der Waals surface area contributed by atoms with Crippen molar-refractivity contribution in [3.8, 4) is 11.5 Å². The van der Waals surface area contributed by atoms with E-state index in [1.165, 1.54) is 0 Å². The molecule has 0 spiro atoms. The Hall–Kier alpha value is -2.50. The predicted molar refractivity (Wildman–Crippen MR) is 71.7 cm³/mol. The van der Waals surface area contributed by atoms with Crippen LogP contribution in [0.15, 0.2) is 24.4 Å². The van der Waals surface area contributed by atoms with Gasteiger partial charge in [0.1, 0.15) is 0 Å². The SMILES string of the molecule is Cc1cnc(C(=O)N(C)Cc2ccc3c(c2)OCO3)[nH]1. The van der Waals surface area contributed by atoms with E-state index < -0.39 is 0 Å². The smallest absolute Gasteiger partial charge is 0.289 e. The van der Waals surface area contributed by atoms with E-state index >= 15 is 0 Å². The van der Waals surface area contributed by atoms with Gasteiger partial charge in [0.25, 0.3) is 5.91 Å². The van der Waals surface area contributed by atoms with E-state index in [9.17, 15) is 4.79 Å². The number of nitrogens with zero attached hydrogens (tertiary/aromatic N) is 2. The third-order valence-corrected chi connectivity index (χ3v) is 3.11. The van der Waals surface area contributed by atoms with Crippen molar-refractivity contribution < 1.29 is 14.3 Å². The summed E-state index contributed by atoms with van der Waals surface area (Å²) in [5.74, 6) is 1.67. The first-order chi connectivity index (χ1) is 9.63. The standard InChI is InChI=1S/C14H15N3O3/c1-9-6-15-13(16-9)14(18)17(2)7-10-3-4-11-12(5-10)20-8-19-11/h3-6H,7-8H2,1-2H3,(H,15,16). The first-order valence-corrected chi connectivity index (χ1v) is 6.29. The molecule has 0 bridgehead atoms. The van der Waals surface area contributed by atoms with Crippen LogP contribution < -0.4 is 9.47 Å². The molecule has 1 aliphatic heterocycles. The molecule has 0 atom stereocenters. The van der Waals surface area contributed by atoms with Crippen molar-refractivity contribution in [1.82, 2.24) is 14.9 Å². The Morgan fingerprint density at radius 1 is 1.40 bits per heavy atom. The number of carbonyl (C=O) groups is 1. The number of aromatic amines is 1. The molecular weight excluding hydrogens is 258 g/mol. The van der Waals surface area contributed by atoms with Gasteiger partial charge in [-0.25, -0.2) is 4.98 Å². The molecule has 0 aliphatic carbocycles. The summed E-state index contributed by atoms with van der Waals surface area (Å²) < 4.78 is 10.6. The molecule has 2 heterocycles. The molecule has 1 aliphatic rings. The highest BCUT2D eigenvalue weighted by Crippen LogP contribution is 2.32. The molecule has 1 amide bonds. The van der Waals surface area contributed by atoms with E-state index in [-0.39, 0.29) is 12.7 Å². The third kappa shape index (κ3) is 2.32. The Kier molecular flexibility index (Phi) is 3.06. The van der Waals surface area contributed by atoms with Crippen LogP contribution in [0.1, 0.15) is 21.9 Å². The zero-order valence-electron chi connectivity index (χ0n) is 11.3. The van der Waals surface area contributed by atoms with Crippen molar-refractivity contribution in [1.29, 1.82) is 0 Å². The lowest BCUT2D eigenvalue weighted by molar-refractivity contribution is 0.0774. The fraction of sp³-hybridized carbons (Fsp3) is 0.286. The lowest BCUT2D eigenvalue weighted by Gasteiger charge is -2.16. The average Bonchev–Trinajstić information content (AvgIpc) is 3.05. The van der Waals surface area contributed by atoms with Gasteiger partial charge in [-0.3, -0.25) is 4.79 Å². The number of amides is 1. The lowest BCUT2D eigenvalue weighted by Crippen LogP contribution is -2.27. The van der Waals surface area contributed by atoms with Crippen molar-refractivity contribution in [2.45, 2.75) is 13.5 Å². The van der Waals surface area contributed by atoms with E-state index in [1.54, 1.807) is 18.1 Å². The summed E-state index contributed by atoms with van der Waals surface area (Å²) in [7, 11) is 1.74. The van der Waals surface area contributed by atoms with Gasteiger partial charge < -0.3 is 19.4 Å². The van der Waals surface area contributed by atoms with E-state index in [1.807, 2.05) is 25.1 Å². The van der Waals surface area contributed by atoms with Gasteiger partial charge in [0.05, 0.1) is 0 Å². The fourth-order valence-electron chi connectivity index (χ4n) is 2.09. The van der Waals surface area contributed by atoms with E-state index in [0.29, 0.717) is 12.4 Å². The molecule has 1 aromatic heterocycles. The molecule has 6 nitrogen and oxygen atoms in total. The summed E-state index contributed by atoms with van der Waals surface area (Å²) in [6.07, 6.45) is 1.64. The van der Waals surface area contributed by atoms with Gasteiger partial charge in [0, 0.05) is 25.5 Å². The molecule has 0 saturated carbocycles. The van der Waals surface area contributed by atoms with Crippen LogP contribution in [0.4, 0.5) is 0 Å². The summed E-state index contributed by atoms with van der Waals surface area (Å²) in [5.41, 5.74) is 1.85. The van der Waals surface area contributed by atoms with Crippen LogP contribution in [0.5, 0.6) is 11.5 Å². The maximum atomic E-state index is 12.2. The minimum absolute atomic E-state index is 0.143. The van der Waals surface area contributed by atoms with Crippen LogP contribution in [0, 0.1) is 6.92 Å². The number of H-pyrrole nitrogens is 1. The van der Waals surface area contributed by atoms with Crippen molar-refractivity contribution in [3.63, 3.8) is 0 Å². The number of aromatic nitrogens is 2. The van der Waals surface area contributed by atoms with Crippen LogP contribution in [0.2, 0.25) is 0 Å². The Morgan fingerprint density at radius 2 is 2.20 bits per heavy atom. The summed E-state index contributed by atoms with van der Waals surface area (Å²) in [4.78, 5) is 20.8. The highest BCUT2D eigenvalue weighted by molar-refractivity contribution is 5.90. The average molecular weight is 273 g/mol. The molecule has 0 radical (unpaired) electrons. The third-order valence-electron chi connectivity index (χ3n) is 3.11. The normalized spacial score (nSPS) is 12.5. The molecule has 2 aromatic rings. The highest BCUT2D eigenvalue weighted by atomic mass is 16.7. The Bertz CT molecular complexity index is 651. The largest absolute Gasteiger partial charge is 0.454 e. The summed E-state index contributed by atoms with van der Waals surface area (Å²) >= 11 is 0. The first-order valence-electron chi connectivity index (χ1n) is 6.29. The second kappa shape index (κ2) is 4.88. The Labute approximate surface area is 116 Å². The quantitative estimate of drug-likeness (QED) is 0.924. The number of rotatable bonds is 3. The van der Waals surface area contributed by atoms with Gasteiger partial charge in [0.15, 0.2) is 17.3 Å². The number of fused-ring (bicyclic) bond motifs is 1. The molecule has 104 valence electrons. The number of hydrogen-bond donors (Lipinski definition) is 1. The monoisotopic (exact) mass is 273 g/mol. The van der Waals surface area contributed by atoms with Crippen LogP contribution in [-0.2, 0) is 6.54 Å². The van der Waals surface area contributed by atoms with Crippen LogP contribution in [0.3, 0.4) is 0 Å². The molecule has 1 N–H and O–H groups in total. The zero-order chi connectivity index (χ0) is 14.1. The number of imidazole rings is 1. The van der Waals surface area contributed by atoms with Crippen molar-refractivity contribution in [3.05, 3.63) is 41.5 Å². The number of benzene rings is 1. The summed E-state index contributed by atoms with van der Waals surface area (Å²) in [6.45, 7) is 2.59. The minimum Gasteiger partial charge on any atom is -0.454 e. The summed E-state index contributed by atoms with van der Waals surface area (Å²) in [5, 5.41) is 0. The van der Waals surface area contributed by atoms with Crippen LogP contribution in [0.25, 0.3) is 0 Å². The fourth-order valence-corrected chi connectivity index (χ4v) is 2.09. The molecule has 0 fully saturated rings.